The molecule has 1 aliphatic rings. The molecule has 0 unspecified atom stereocenters. The Labute approximate surface area is 161 Å². The van der Waals surface area contributed by atoms with E-state index in [1.807, 2.05) is 18.3 Å². The highest BCUT2D eigenvalue weighted by Crippen LogP contribution is 2.30. The van der Waals surface area contributed by atoms with Crippen molar-refractivity contribution in [2.75, 3.05) is 10.5 Å². The van der Waals surface area contributed by atoms with Gasteiger partial charge in [0.1, 0.15) is 0 Å². The Morgan fingerprint density at radius 2 is 2.08 bits per heavy atom. The van der Waals surface area contributed by atoms with Crippen molar-refractivity contribution in [2.45, 2.75) is 23.5 Å². The lowest BCUT2D eigenvalue weighted by molar-refractivity contribution is 0.600. The van der Waals surface area contributed by atoms with Gasteiger partial charge in [-0.05, 0) is 36.8 Å². The quantitative estimate of drug-likeness (QED) is 0.697. The number of aromatic nitrogens is 2. The average Bonchev–Trinajstić information content (AvgIpc) is 3.18. The first-order valence-electron chi connectivity index (χ1n) is 8.02. The van der Waals surface area contributed by atoms with E-state index >= 15 is 0 Å². The number of nitrogens with one attached hydrogen (secondary N) is 1. The molecule has 1 aliphatic heterocycles. The van der Waals surface area contributed by atoms with E-state index in [9.17, 15) is 8.42 Å². The third-order valence-corrected chi connectivity index (χ3v) is 6.88. The first-order valence-corrected chi connectivity index (χ1v) is 10.9. The second-order valence-corrected chi connectivity index (χ2v) is 9.20. The first-order chi connectivity index (χ1) is 12.4. The molecule has 0 saturated heterocycles. The van der Waals surface area contributed by atoms with Crippen LogP contribution >= 0.6 is 23.4 Å². The van der Waals surface area contributed by atoms with Gasteiger partial charge in [-0.1, -0.05) is 41.6 Å². The molecule has 0 aliphatic carbocycles. The minimum absolute atomic E-state index is 0.174. The van der Waals surface area contributed by atoms with Crippen LogP contribution < -0.4 is 4.72 Å². The molecule has 0 spiro atoms. The van der Waals surface area contributed by atoms with Gasteiger partial charge in [0.15, 0.2) is 5.16 Å². The van der Waals surface area contributed by atoms with Crippen LogP contribution in [-0.2, 0) is 16.6 Å². The molecule has 2 aromatic carbocycles. The number of sulfonamides is 1. The summed E-state index contributed by atoms with van der Waals surface area (Å²) in [4.78, 5) is 4.79. The summed E-state index contributed by atoms with van der Waals surface area (Å²) < 4.78 is 30.2. The molecule has 0 atom stereocenters. The summed E-state index contributed by atoms with van der Waals surface area (Å²) in [5, 5.41) is 1.38. The van der Waals surface area contributed by atoms with E-state index < -0.39 is 10.0 Å². The summed E-state index contributed by atoms with van der Waals surface area (Å²) in [6, 6.07) is 12.1. The zero-order valence-electron chi connectivity index (χ0n) is 13.9. The predicted octanol–water partition coefficient (Wildman–Crippen LogP) is 4.42. The van der Waals surface area contributed by atoms with Gasteiger partial charge < -0.3 is 4.57 Å². The molecule has 0 fully saturated rings. The summed E-state index contributed by atoms with van der Waals surface area (Å²) >= 11 is 7.69. The Morgan fingerprint density at radius 3 is 2.88 bits per heavy atom. The van der Waals surface area contributed by atoms with Crippen LogP contribution in [0.5, 0.6) is 0 Å². The van der Waals surface area contributed by atoms with Crippen LogP contribution in [0.2, 0.25) is 5.02 Å². The molecular formula is C18H16ClN3O2S2. The van der Waals surface area contributed by atoms with Crippen LogP contribution in [-0.4, -0.2) is 23.7 Å². The number of hydrogen-bond acceptors (Lipinski definition) is 4. The lowest BCUT2D eigenvalue weighted by Gasteiger charge is -2.11. The Hall–Kier alpha value is -1.96. The van der Waals surface area contributed by atoms with E-state index in [-0.39, 0.29) is 4.90 Å². The number of hydrogen-bond donors (Lipinski definition) is 1. The molecule has 0 amide bonds. The van der Waals surface area contributed by atoms with Crippen molar-refractivity contribution in [3.05, 3.63) is 59.2 Å². The number of imidazole rings is 1. The van der Waals surface area contributed by atoms with Gasteiger partial charge >= 0.3 is 0 Å². The zero-order chi connectivity index (χ0) is 18.3. The molecule has 1 N–H and O–H groups in total. The minimum atomic E-state index is -3.73. The fraction of sp³-hybridized carbons (Fsp3) is 0.167. The standard InChI is InChI=1S/C18H16ClN3O2S2/c1-12-5-6-14(19)10-17(12)26(23,24)21-15-4-2-3-13(9-15)16-11-22-7-8-25-18(22)20-16/h2-6,9-11,21H,7-8H2,1H3. The van der Waals surface area contributed by atoms with Gasteiger partial charge in [0, 0.05) is 34.8 Å². The van der Waals surface area contributed by atoms with Gasteiger partial charge in [-0.15, -0.1) is 0 Å². The fourth-order valence-electron chi connectivity index (χ4n) is 2.86. The third kappa shape index (κ3) is 3.34. The molecule has 4 rings (SSSR count). The number of rotatable bonds is 4. The van der Waals surface area contributed by atoms with Gasteiger partial charge in [0.05, 0.1) is 10.6 Å². The number of fused-ring (bicyclic) bond motifs is 1. The lowest BCUT2D eigenvalue weighted by Crippen LogP contribution is -2.14. The topological polar surface area (TPSA) is 64.0 Å². The highest BCUT2D eigenvalue weighted by Gasteiger charge is 2.19. The first kappa shape index (κ1) is 17.5. The predicted molar refractivity (Wildman–Crippen MR) is 105 cm³/mol. The van der Waals surface area contributed by atoms with Gasteiger partial charge in [-0.3, -0.25) is 4.72 Å². The molecule has 3 aromatic rings. The van der Waals surface area contributed by atoms with Crippen molar-refractivity contribution in [2.24, 2.45) is 0 Å². The summed E-state index contributed by atoms with van der Waals surface area (Å²) in [7, 11) is -3.73. The molecule has 0 radical (unpaired) electrons. The highest BCUT2D eigenvalue weighted by molar-refractivity contribution is 7.99. The summed E-state index contributed by atoms with van der Waals surface area (Å²) in [5.74, 6) is 1.04. The number of benzene rings is 2. The SMILES string of the molecule is Cc1ccc(Cl)cc1S(=O)(=O)Nc1cccc(-c2cn3c(n2)SCC3)c1. The number of anilines is 1. The zero-order valence-corrected chi connectivity index (χ0v) is 16.3. The maximum Gasteiger partial charge on any atom is 0.262 e. The van der Waals surface area contributed by atoms with Gasteiger partial charge in [0.25, 0.3) is 10.0 Å². The molecule has 8 heteroatoms. The number of aryl methyl sites for hydroxylation is 2. The number of thioether (sulfide) groups is 1. The molecule has 0 saturated carbocycles. The van der Waals surface area contributed by atoms with Crippen LogP contribution in [0.3, 0.4) is 0 Å². The Balaban J connectivity index is 1.65. The van der Waals surface area contributed by atoms with Gasteiger partial charge in [-0.25, -0.2) is 13.4 Å². The van der Waals surface area contributed by atoms with Crippen molar-refractivity contribution in [3.8, 4) is 11.3 Å². The van der Waals surface area contributed by atoms with E-state index in [1.54, 1.807) is 43.0 Å². The lowest BCUT2D eigenvalue weighted by atomic mass is 10.1. The largest absolute Gasteiger partial charge is 0.325 e. The van der Waals surface area contributed by atoms with Gasteiger partial charge in [0.2, 0.25) is 0 Å². The summed E-state index contributed by atoms with van der Waals surface area (Å²) in [6.07, 6.45) is 2.00. The number of nitrogens with zero attached hydrogens (tertiary/aromatic N) is 2. The Morgan fingerprint density at radius 1 is 1.23 bits per heavy atom. The van der Waals surface area contributed by atoms with Crippen molar-refractivity contribution < 1.29 is 8.42 Å². The van der Waals surface area contributed by atoms with Gasteiger partial charge in [-0.2, -0.15) is 0 Å². The average molecular weight is 406 g/mol. The van der Waals surface area contributed by atoms with Crippen LogP contribution in [0.15, 0.2) is 58.7 Å². The fourth-order valence-corrected chi connectivity index (χ4v) is 5.37. The maximum atomic E-state index is 12.7. The normalized spacial score (nSPS) is 13.6. The van der Waals surface area contributed by atoms with Crippen molar-refractivity contribution in [3.63, 3.8) is 0 Å². The second-order valence-electron chi connectivity index (χ2n) is 6.05. The molecule has 1 aromatic heterocycles. The second kappa shape index (κ2) is 6.64. The molecular weight excluding hydrogens is 390 g/mol. The van der Waals surface area contributed by atoms with E-state index in [0.717, 1.165) is 28.7 Å². The maximum absolute atomic E-state index is 12.7. The Bertz CT molecular complexity index is 1070. The van der Waals surface area contributed by atoms with E-state index in [1.165, 1.54) is 6.07 Å². The smallest absolute Gasteiger partial charge is 0.262 e. The van der Waals surface area contributed by atoms with E-state index in [4.69, 9.17) is 11.6 Å². The molecule has 0 bridgehead atoms. The van der Waals surface area contributed by atoms with E-state index in [2.05, 4.69) is 14.3 Å². The molecule has 134 valence electrons. The van der Waals surface area contributed by atoms with Crippen LogP contribution in [0.4, 0.5) is 5.69 Å². The van der Waals surface area contributed by atoms with Crippen molar-refractivity contribution in [1.82, 2.24) is 9.55 Å². The molecule has 5 nitrogen and oxygen atoms in total. The van der Waals surface area contributed by atoms with Crippen LogP contribution in [0, 0.1) is 6.92 Å². The third-order valence-electron chi connectivity index (χ3n) is 4.15. The van der Waals surface area contributed by atoms with Crippen LogP contribution in [0.25, 0.3) is 11.3 Å². The monoisotopic (exact) mass is 405 g/mol. The minimum Gasteiger partial charge on any atom is -0.325 e. The van der Waals surface area contributed by atoms with Crippen LogP contribution in [0.1, 0.15) is 5.56 Å². The Kier molecular flexibility index (Phi) is 4.46. The molecule has 2 heterocycles. The van der Waals surface area contributed by atoms with Crippen molar-refractivity contribution >= 4 is 39.1 Å². The highest BCUT2D eigenvalue weighted by atomic mass is 35.5. The number of halogens is 1. The summed E-state index contributed by atoms with van der Waals surface area (Å²) in [6.45, 7) is 2.69. The van der Waals surface area contributed by atoms with E-state index in [0.29, 0.717) is 16.3 Å². The molecule has 26 heavy (non-hydrogen) atoms. The van der Waals surface area contributed by atoms with Crippen molar-refractivity contribution in [1.29, 1.82) is 0 Å². The summed E-state index contributed by atoms with van der Waals surface area (Å²) in [5.41, 5.74) is 2.84.